The van der Waals surface area contributed by atoms with E-state index in [1.54, 1.807) is 9.80 Å². The quantitative estimate of drug-likeness (QED) is 0.731. The van der Waals surface area contributed by atoms with Crippen molar-refractivity contribution in [3.05, 3.63) is 11.4 Å². The molecule has 0 spiro atoms. The molecule has 1 aromatic rings. The Hall–Kier alpha value is -2.25. The molecule has 0 aliphatic carbocycles. The molecule has 136 valence electrons. The third-order valence-corrected chi connectivity index (χ3v) is 4.92. The average Bonchev–Trinajstić information content (AvgIpc) is 3.21. The summed E-state index contributed by atoms with van der Waals surface area (Å²) in [6, 6.07) is 0. The van der Waals surface area contributed by atoms with Crippen LogP contribution in [0.3, 0.4) is 0 Å². The molecule has 2 fully saturated rings. The van der Waals surface area contributed by atoms with Crippen LogP contribution in [0.25, 0.3) is 0 Å². The summed E-state index contributed by atoms with van der Waals surface area (Å²) in [5.74, 6) is -0.118. The second-order valence-electron chi connectivity index (χ2n) is 6.49. The first-order valence-electron chi connectivity index (χ1n) is 9.19. The molecule has 3 rings (SSSR count). The van der Waals surface area contributed by atoms with Gasteiger partial charge in [-0.05, 0) is 25.7 Å². The maximum absolute atomic E-state index is 12.4. The number of piperazine rings is 1. The van der Waals surface area contributed by atoms with Crippen LogP contribution in [-0.4, -0.2) is 76.1 Å². The van der Waals surface area contributed by atoms with Crippen LogP contribution in [0.15, 0.2) is 0 Å². The molecule has 0 saturated carbocycles. The number of amides is 2. The predicted molar refractivity (Wildman–Crippen MR) is 93.2 cm³/mol. The average molecular weight is 346 g/mol. The molecular formula is C17H26N6O2. The number of rotatable bonds is 3. The molecule has 0 atom stereocenters. The summed E-state index contributed by atoms with van der Waals surface area (Å²) in [4.78, 5) is 34.6. The van der Waals surface area contributed by atoms with Gasteiger partial charge in [-0.2, -0.15) is 5.10 Å². The van der Waals surface area contributed by atoms with Gasteiger partial charge in [0.25, 0.3) is 0 Å². The van der Waals surface area contributed by atoms with Gasteiger partial charge in [-0.15, -0.1) is 5.10 Å². The molecule has 0 aromatic carbocycles. The van der Waals surface area contributed by atoms with Crippen LogP contribution in [0.4, 0.5) is 5.95 Å². The zero-order valence-corrected chi connectivity index (χ0v) is 15.1. The van der Waals surface area contributed by atoms with Crippen molar-refractivity contribution in [2.24, 2.45) is 0 Å². The van der Waals surface area contributed by atoms with E-state index in [1.807, 2.05) is 11.8 Å². The Morgan fingerprint density at radius 1 is 0.800 bits per heavy atom. The van der Waals surface area contributed by atoms with Gasteiger partial charge in [0, 0.05) is 39.3 Å². The van der Waals surface area contributed by atoms with Gasteiger partial charge >= 0.3 is 11.8 Å². The number of aryl methyl sites for hydroxylation is 2. The molecule has 2 amide bonds. The van der Waals surface area contributed by atoms with Crippen molar-refractivity contribution < 1.29 is 9.59 Å². The number of aromatic nitrogens is 3. The zero-order chi connectivity index (χ0) is 17.8. The molecule has 1 aromatic heterocycles. The molecular weight excluding hydrogens is 320 g/mol. The van der Waals surface area contributed by atoms with E-state index in [2.05, 4.69) is 22.1 Å². The molecule has 0 radical (unpaired) electrons. The number of likely N-dealkylation sites (tertiary alicyclic amines) is 1. The first kappa shape index (κ1) is 17.6. The van der Waals surface area contributed by atoms with Gasteiger partial charge in [-0.3, -0.25) is 9.59 Å². The molecule has 0 unspecified atom stereocenters. The van der Waals surface area contributed by atoms with E-state index in [1.165, 1.54) is 0 Å². The minimum Gasteiger partial charge on any atom is -0.336 e. The van der Waals surface area contributed by atoms with E-state index in [4.69, 9.17) is 0 Å². The normalized spacial score (nSPS) is 17.9. The lowest BCUT2D eigenvalue weighted by Gasteiger charge is -2.34. The third kappa shape index (κ3) is 3.72. The summed E-state index contributed by atoms with van der Waals surface area (Å²) in [5, 5.41) is 8.52. The van der Waals surface area contributed by atoms with Gasteiger partial charge in [0.1, 0.15) is 0 Å². The summed E-state index contributed by atoms with van der Waals surface area (Å²) in [6.45, 7) is 7.78. The fourth-order valence-electron chi connectivity index (χ4n) is 3.36. The second kappa shape index (κ2) is 7.76. The number of anilines is 1. The molecule has 2 aliphatic rings. The van der Waals surface area contributed by atoms with Gasteiger partial charge in [0.15, 0.2) is 0 Å². The SMILES string of the molecule is CCc1nnc(N2CCN(C(=O)C(=O)N3CCCC3)CC2)nc1CC. The number of hydrogen-bond donors (Lipinski definition) is 0. The molecule has 0 bridgehead atoms. The molecule has 8 nitrogen and oxygen atoms in total. The number of hydrogen-bond acceptors (Lipinski definition) is 6. The first-order chi connectivity index (χ1) is 12.1. The summed E-state index contributed by atoms with van der Waals surface area (Å²) in [6.07, 6.45) is 3.63. The molecule has 0 N–H and O–H groups in total. The van der Waals surface area contributed by atoms with Gasteiger partial charge in [0.05, 0.1) is 11.4 Å². The van der Waals surface area contributed by atoms with Crippen LogP contribution < -0.4 is 4.90 Å². The molecule has 25 heavy (non-hydrogen) atoms. The maximum Gasteiger partial charge on any atom is 0.312 e. The van der Waals surface area contributed by atoms with E-state index >= 15 is 0 Å². The Kier molecular flexibility index (Phi) is 5.45. The van der Waals surface area contributed by atoms with E-state index < -0.39 is 0 Å². The first-order valence-corrected chi connectivity index (χ1v) is 9.19. The fourth-order valence-corrected chi connectivity index (χ4v) is 3.36. The summed E-state index contributed by atoms with van der Waals surface area (Å²) >= 11 is 0. The van der Waals surface area contributed by atoms with Crippen molar-refractivity contribution in [3.8, 4) is 0 Å². The third-order valence-electron chi connectivity index (χ3n) is 4.92. The van der Waals surface area contributed by atoms with Crippen molar-refractivity contribution in [2.75, 3.05) is 44.2 Å². The highest BCUT2D eigenvalue weighted by Crippen LogP contribution is 2.15. The van der Waals surface area contributed by atoms with Crippen molar-refractivity contribution in [3.63, 3.8) is 0 Å². The summed E-state index contributed by atoms with van der Waals surface area (Å²) in [5.41, 5.74) is 1.92. The maximum atomic E-state index is 12.4. The Morgan fingerprint density at radius 2 is 1.36 bits per heavy atom. The molecule has 3 heterocycles. The van der Waals surface area contributed by atoms with Gasteiger partial charge in [-0.25, -0.2) is 4.98 Å². The molecule has 2 saturated heterocycles. The highest BCUT2D eigenvalue weighted by molar-refractivity contribution is 6.35. The Labute approximate surface area is 148 Å². The zero-order valence-electron chi connectivity index (χ0n) is 15.1. The summed E-state index contributed by atoms with van der Waals surface area (Å²) < 4.78 is 0. The standard InChI is InChI=1S/C17H26N6O2/c1-3-13-14(4-2)19-20-17(18-13)23-11-9-22(10-12-23)16(25)15(24)21-7-5-6-8-21/h3-12H2,1-2H3. The van der Waals surface area contributed by atoms with Gasteiger partial charge in [0.2, 0.25) is 5.95 Å². The van der Waals surface area contributed by atoms with Crippen LogP contribution in [0.2, 0.25) is 0 Å². The van der Waals surface area contributed by atoms with Crippen molar-refractivity contribution in [2.45, 2.75) is 39.5 Å². The molecule has 8 heteroatoms. The fraction of sp³-hybridized carbons (Fsp3) is 0.706. The Bertz CT molecular complexity index is 636. The van der Waals surface area contributed by atoms with Crippen LogP contribution in [-0.2, 0) is 22.4 Å². The second-order valence-corrected chi connectivity index (χ2v) is 6.49. The van der Waals surface area contributed by atoms with E-state index in [0.717, 1.165) is 37.1 Å². The topological polar surface area (TPSA) is 82.5 Å². The Balaban J connectivity index is 1.60. The van der Waals surface area contributed by atoms with Gasteiger partial charge in [-0.1, -0.05) is 13.8 Å². The number of carbonyl (C=O) groups excluding carboxylic acids is 2. The minimum absolute atomic E-state index is 0.357. The monoisotopic (exact) mass is 346 g/mol. The Morgan fingerprint density at radius 3 is 1.92 bits per heavy atom. The molecule has 2 aliphatic heterocycles. The van der Waals surface area contributed by atoms with E-state index in [-0.39, 0.29) is 11.8 Å². The smallest absolute Gasteiger partial charge is 0.312 e. The van der Waals surface area contributed by atoms with E-state index in [0.29, 0.717) is 45.2 Å². The van der Waals surface area contributed by atoms with Crippen molar-refractivity contribution in [1.29, 1.82) is 0 Å². The number of nitrogens with zero attached hydrogens (tertiary/aromatic N) is 6. The highest BCUT2D eigenvalue weighted by Gasteiger charge is 2.31. The minimum atomic E-state index is -0.379. The van der Waals surface area contributed by atoms with Crippen LogP contribution in [0.5, 0.6) is 0 Å². The van der Waals surface area contributed by atoms with Crippen molar-refractivity contribution >= 4 is 17.8 Å². The highest BCUT2D eigenvalue weighted by atomic mass is 16.2. The predicted octanol–water partition coefficient (Wildman–Crippen LogP) is 0.267. The lowest BCUT2D eigenvalue weighted by Crippen LogP contribution is -2.53. The van der Waals surface area contributed by atoms with Crippen LogP contribution >= 0.6 is 0 Å². The van der Waals surface area contributed by atoms with Crippen molar-refractivity contribution in [1.82, 2.24) is 25.0 Å². The summed E-state index contributed by atoms with van der Waals surface area (Å²) in [7, 11) is 0. The largest absolute Gasteiger partial charge is 0.336 e. The number of carbonyl (C=O) groups is 2. The lowest BCUT2D eigenvalue weighted by molar-refractivity contribution is -0.151. The van der Waals surface area contributed by atoms with Crippen LogP contribution in [0.1, 0.15) is 38.1 Å². The van der Waals surface area contributed by atoms with Gasteiger partial charge < -0.3 is 14.7 Å². The lowest BCUT2D eigenvalue weighted by atomic mass is 10.2. The van der Waals surface area contributed by atoms with E-state index in [9.17, 15) is 9.59 Å². The van der Waals surface area contributed by atoms with Crippen LogP contribution in [0, 0.1) is 0 Å².